The Morgan fingerprint density at radius 1 is 0.558 bits per heavy atom. The zero-order chi connectivity index (χ0) is 38.5. The van der Waals surface area contributed by atoms with Gasteiger partial charge in [0.05, 0.1) is 23.3 Å². The van der Waals surface area contributed by atoms with Crippen molar-refractivity contribution >= 4 is 23.6 Å². The average Bonchev–Trinajstić information content (AvgIpc) is 3.11. The largest absolute Gasteiger partial charge is 0.490 e. The van der Waals surface area contributed by atoms with Crippen molar-refractivity contribution in [3.05, 3.63) is 84.0 Å². The van der Waals surface area contributed by atoms with Gasteiger partial charge in [0.1, 0.15) is 23.6 Å². The van der Waals surface area contributed by atoms with Crippen molar-refractivity contribution in [2.75, 3.05) is 14.1 Å². The molecule has 0 radical (unpaired) electrons. The second-order valence-corrected chi connectivity index (χ2v) is 14.6. The molecular weight excluding hydrogens is 656 g/mol. The molecule has 0 unspecified atom stereocenters. The first-order valence-electron chi connectivity index (χ1n) is 18.6. The van der Waals surface area contributed by atoms with Gasteiger partial charge in [-0.2, -0.15) is 0 Å². The van der Waals surface area contributed by atoms with Gasteiger partial charge in [-0.3, -0.25) is 19.2 Å². The number of nitrogens with one attached hydrogen (secondary N) is 2. The van der Waals surface area contributed by atoms with Gasteiger partial charge in [-0.15, -0.1) is 0 Å². The predicted molar refractivity (Wildman–Crippen MR) is 206 cm³/mol. The fourth-order valence-corrected chi connectivity index (χ4v) is 5.77. The first kappa shape index (κ1) is 41.8. The van der Waals surface area contributed by atoms with Crippen molar-refractivity contribution in [1.82, 2.24) is 20.4 Å². The van der Waals surface area contributed by atoms with Gasteiger partial charge in [0.25, 0.3) is 11.8 Å². The Hall–Kier alpha value is -4.60. The molecule has 2 N–H and O–H groups in total. The smallest absolute Gasteiger partial charge is 0.258 e. The summed E-state index contributed by atoms with van der Waals surface area (Å²) in [4.78, 5) is 54.1. The molecule has 2 aliphatic rings. The van der Waals surface area contributed by atoms with E-state index in [1.807, 2.05) is 26.0 Å². The molecule has 10 heteroatoms. The van der Waals surface area contributed by atoms with Gasteiger partial charge in [0, 0.05) is 39.0 Å². The van der Waals surface area contributed by atoms with Gasteiger partial charge < -0.3 is 29.9 Å². The Morgan fingerprint density at radius 3 is 1.23 bits per heavy atom. The molecule has 0 aliphatic carbocycles. The van der Waals surface area contributed by atoms with Crippen molar-refractivity contribution in [2.24, 2.45) is 11.8 Å². The summed E-state index contributed by atoms with van der Waals surface area (Å²) in [6.07, 6.45) is 11.3. The second-order valence-electron chi connectivity index (χ2n) is 14.6. The number of carbonyl (C=O) groups excluding carboxylic acids is 4. The molecule has 0 aromatic heterocycles. The Morgan fingerprint density at radius 2 is 0.885 bits per heavy atom. The average molecular weight is 717 g/mol. The van der Waals surface area contributed by atoms with E-state index in [-0.39, 0.29) is 47.9 Å². The van der Waals surface area contributed by atoms with E-state index in [1.54, 1.807) is 64.3 Å². The number of rotatable bonds is 2. The van der Waals surface area contributed by atoms with Gasteiger partial charge in [-0.1, -0.05) is 76.3 Å². The molecule has 0 saturated carbocycles. The monoisotopic (exact) mass is 716 g/mol. The molecule has 2 aromatic carbocycles. The SMILES string of the molecule is CC(C)[C@@H]1C/C=C/C[C@@H](C)Oc2ccccc2C(=O)N(C)[C@@H](C)C(=O)N1.CC(C)[C@@H]1C/C=C\C[C@@H](C)Oc2ccccc2C(=O)N(C)[C@@H](C)C(=O)N1. The van der Waals surface area contributed by atoms with Crippen LogP contribution in [0.1, 0.15) is 102 Å². The number of ether oxygens (including phenoxy) is 2. The lowest BCUT2D eigenvalue weighted by atomic mass is 9.99. The van der Waals surface area contributed by atoms with Crippen molar-refractivity contribution in [2.45, 2.75) is 117 Å². The number of likely N-dealkylation sites (N-methyl/N-ethyl adjacent to an activating group) is 2. The van der Waals surface area contributed by atoms with E-state index in [4.69, 9.17) is 9.47 Å². The van der Waals surface area contributed by atoms with E-state index in [0.717, 1.165) is 25.7 Å². The van der Waals surface area contributed by atoms with Gasteiger partial charge in [0.15, 0.2) is 0 Å². The van der Waals surface area contributed by atoms with Crippen LogP contribution in [0.15, 0.2) is 72.8 Å². The normalized spacial score (nSPS) is 26.5. The summed E-state index contributed by atoms with van der Waals surface area (Å²) in [6, 6.07) is 13.3. The van der Waals surface area contributed by atoms with Crippen LogP contribution in [0, 0.1) is 11.8 Å². The van der Waals surface area contributed by atoms with Gasteiger partial charge in [-0.05, 0) is 76.6 Å². The number of para-hydroxylation sites is 2. The topological polar surface area (TPSA) is 117 Å². The molecule has 4 amide bonds. The highest BCUT2D eigenvalue weighted by molar-refractivity contribution is 6.00. The molecule has 4 rings (SSSR count). The summed E-state index contributed by atoms with van der Waals surface area (Å²) in [5.74, 6) is 0.991. The Kier molecular flexibility index (Phi) is 16.0. The third-order valence-electron chi connectivity index (χ3n) is 9.77. The van der Waals surface area contributed by atoms with Crippen LogP contribution < -0.4 is 20.1 Å². The van der Waals surface area contributed by atoms with Crippen molar-refractivity contribution < 1.29 is 28.7 Å². The fourth-order valence-electron chi connectivity index (χ4n) is 5.77. The fraction of sp³-hybridized carbons (Fsp3) is 0.524. The maximum Gasteiger partial charge on any atom is 0.258 e. The van der Waals surface area contributed by atoms with E-state index < -0.39 is 12.1 Å². The van der Waals surface area contributed by atoms with Crippen LogP contribution >= 0.6 is 0 Å². The van der Waals surface area contributed by atoms with Crippen LogP contribution in [0.3, 0.4) is 0 Å². The summed E-state index contributed by atoms with van der Waals surface area (Å²) in [6.45, 7) is 15.8. The number of hydrogen-bond acceptors (Lipinski definition) is 6. The predicted octanol–water partition coefficient (Wildman–Crippen LogP) is 6.81. The summed E-state index contributed by atoms with van der Waals surface area (Å²) in [7, 11) is 3.31. The highest BCUT2D eigenvalue weighted by Gasteiger charge is 2.29. The molecule has 0 fully saturated rings. The number of nitrogens with zero attached hydrogens (tertiary/aromatic N) is 2. The first-order valence-corrected chi connectivity index (χ1v) is 18.6. The van der Waals surface area contributed by atoms with Gasteiger partial charge >= 0.3 is 0 Å². The molecule has 10 nitrogen and oxygen atoms in total. The van der Waals surface area contributed by atoms with Crippen LogP contribution in [0.4, 0.5) is 0 Å². The summed E-state index contributed by atoms with van der Waals surface area (Å²) >= 11 is 0. The van der Waals surface area contributed by atoms with Gasteiger partial charge in [0.2, 0.25) is 11.8 Å². The van der Waals surface area contributed by atoms with E-state index >= 15 is 0 Å². The number of fused-ring (bicyclic) bond motifs is 2. The molecule has 0 bridgehead atoms. The quantitative estimate of drug-likeness (QED) is 0.330. The molecule has 284 valence electrons. The first-order chi connectivity index (χ1) is 24.6. The third kappa shape index (κ3) is 11.7. The van der Waals surface area contributed by atoms with Crippen LogP contribution in [0.5, 0.6) is 11.5 Å². The van der Waals surface area contributed by atoms with E-state index in [0.29, 0.717) is 34.5 Å². The number of hydrogen-bond donors (Lipinski definition) is 2. The molecule has 2 aliphatic heterocycles. The lowest BCUT2D eigenvalue weighted by Gasteiger charge is -2.29. The molecule has 2 aromatic rings. The minimum atomic E-state index is -0.568. The minimum absolute atomic E-state index is 0.0381. The van der Waals surface area contributed by atoms with Crippen molar-refractivity contribution in [1.29, 1.82) is 0 Å². The summed E-state index contributed by atoms with van der Waals surface area (Å²) in [5, 5.41) is 6.18. The molecule has 2 heterocycles. The molecule has 52 heavy (non-hydrogen) atoms. The zero-order valence-electron chi connectivity index (χ0n) is 32.7. The van der Waals surface area contributed by atoms with Gasteiger partial charge in [-0.25, -0.2) is 0 Å². The molecular formula is C42H60N4O6. The van der Waals surface area contributed by atoms with Crippen LogP contribution in [-0.4, -0.2) is 83.9 Å². The maximum absolute atomic E-state index is 12.9. The van der Waals surface area contributed by atoms with Crippen LogP contribution in [0.25, 0.3) is 0 Å². The lowest BCUT2D eigenvalue weighted by Crippen LogP contribution is -2.50. The summed E-state index contributed by atoms with van der Waals surface area (Å²) in [5.41, 5.74) is 0.950. The minimum Gasteiger partial charge on any atom is -0.490 e. The standard InChI is InChI=1S/2C21H30N2O3/c2*1-14(2)18-12-8-6-10-15(3)26-19-13-9-7-11-17(19)21(25)23(5)16(4)20(24)22-18/h2*6-9,11,13-16,18H,10,12H2,1-5H3,(H,22,24)/b8-6+;8-6-/t2*15-,16+,18+/m11/s1. The summed E-state index contributed by atoms with van der Waals surface area (Å²) < 4.78 is 12.0. The van der Waals surface area contributed by atoms with Crippen LogP contribution in [-0.2, 0) is 9.59 Å². The number of benzene rings is 2. The Labute approximate surface area is 311 Å². The maximum atomic E-state index is 12.9. The van der Waals surface area contributed by atoms with Crippen LogP contribution in [0.2, 0.25) is 0 Å². The molecule has 0 spiro atoms. The van der Waals surface area contributed by atoms with Crippen molar-refractivity contribution in [3.8, 4) is 11.5 Å². The third-order valence-corrected chi connectivity index (χ3v) is 9.77. The lowest BCUT2D eigenvalue weighted by molar-refractivity contribution is -0.126. The molecule has 6 atom stereocenters. The van der Waals surface area contributed by atoms with Crippen molar-refractivity contribution in [3.63, 3.8) is 0 Å². The number of carbonyl (C=O) groups is 4. The highest BCUT2D eigenvalue weighted by Crippen LogP contribution is 2.25. The zero-order valence-corrected chi connectivity index (χ0v) is 32.7. The second kappa shape index (κ2) is 19.9. The van der Waals surface area contributed by atoms with E-state index in [1.165, 1.54) is 9.80 Å². The Balaban J connectivity index is 0.000000280. The highest BCUT2D eigenvalue weighted by atomic mass is 16.5. The van der Waals surface area contributed by atoms with E-state index in [2.05, 4.69) is 62.6 Å². The van der Waals surface area contributed by atoms with E-state index in [9.17, 15) is 19.2 Å². The number of amides is 4. The molecule has 0 saturated heterocycles. The Bertz CT molecular complexity index is 1450.